The molecule has 2 aliphatic heterocycles. The molecule has 0 bridgehead atoms. The van der Waals surface area contributed by atoms with Gasteiger partial charge in [-0.3, -0.25) is 9.55 Å². The first-order chi connectivity index (χ1) is 15.0. The molecular formula is C22H20N2O6S. The average Bonchev–Trinajstić information content (AvgIpc) is 3.06. The number of rotatable bonds is 3. The molecule has 9 heteroatoms. The Morgan fingerprint density at radius 2 is 1.58 bits per heavy atom. The van der Waals surface area contributed by atoms with Crippen molar-refractivity contribution in [2.45, 2.75) is 30.5 Å². The Morgan fingerprint density at radius 3 is 2.16 bits per heavy atom. The van der Waals surface area contributed by atoms with Crippen LogP contribution in [0.15, 0.2) is 59.5 Å². The topological polar surface area (TPSA) is 117 Å². The highest BCUT2D eigenvalue weighted by Gasteiger charge is 2.44. The summed E-state index contributed by atoms with van der Waals surface area (Å²) in [5.41, 5.74) is 1.80. The first-order valence-corrected chi connectivity index (χ1v) is 10.2. The van der Waals surface area contributed by atoms with Crippen molar-refractivity contribution in [2.24, 2.45) is 0 Å². The standard InChI is InChI=1S/C22H20N2O6S/c25-10-16-18(26)19(27)21(30-16)24-9-13(20(31)23-22(24)28)17-11-5-1-3-7-14(11)29-15-8-4-2-6-12(15)17/h1-9,16-19,21,25-27H,10H2,(H,23,28,31)/t16-,18-,19-,21-/m1/s1. The summed E-state index contributed by atoms with van der Waals surface area (Å²) in [5.74, 6) is 1.05. The number of H-pyrrole nitrogens is 1. The van der Waals surface area contributed by atoms with Gasteiger partial charge in [-0.05, 0) is 12.1 Å². The number of nitrogens with zero attached hydrogens (tertiary/aromatic N) is 1. The number of hydrogen-bond acceptors (Lipinski definition) is 7. The third-order valence-corrected chi connectivity index (χ3v) is 6.12. The molecule has 0 radical (unpaired) electrons. The predicted molar refractivity (Wildman–Crippen MR) is 113 cm³/mol. The van der Waals surface area contributed by atoms with E-state index in [0.717, 1.165) is 11.1 Å². The maximum absolute atomic E-state index is 12.7. The Kier molecular flexibility index (Phi) is 4.99. The van der Waals surface area contributed by atoms with Crippen LogP contribution in [-0.4, -0.2) is 49.8 Å². The van der Waals surface area contributed by atoms with E-state index in [1.807, 2.05) is 48.5 Å². The largest absolute Gasteiger partial charge is 0.457 e. The van der Waals surface area contributed by atoms with Crippen molar-refractivity contribution in [3.8, 4) is 11.5 Å². The Hall–Kier alpha value is -2.82. The van der Waals surface area contributed by atoms with Crippen molar-refractivity contribution >= 4 is 12.2 Å². The van der Waals surface area contributed by atoms with E-state index in [4.69, 9.17) is 21.7 Å². The van der Waals surface area contributed by atoms with Crippen LogP contribution in [0.1, 0.15) is 28.8 Å². The first kappa shape index (κ1) is 20.1. The number of aliphatic hydroxyl groups is 3. The number of aliphatic hydroxyl groups excluding tert-OH is 3. The van der Waals surface area contributed by atoms with Gasteiger partial charge in [-0.1, -0.05) is 48.6 Å². The van der Waals surface area contributed by atoms with E-state index in [9.17, 15) is 20.1 Å². The average molecular weight is 440 g/mol. The molecule has 5 rings (SSSR count). The van der Waals surface area contributed by atoms with Crippen molar-refractivity contribution in [3.63, 3.8) is 0 Å². The lowest BCUT2D eigenvalue weighted by Gasteiger charge is -2.29. The second kappa shape index (κ2) is 7.70. The molecule has 31 heavy (non-hydrogen) atoms. The fourth-order valence-corrected chi connectivity index (χ4v) is 4.51. The van der Waals surface area contributed by atoms with Crippen molar-refractivity contribution in [2.75, 3.05) is 6.61 Å². The van der Waals surface area contributed by atoms with Crippen molar-refractivity contribution in [3.05, 3.63) is 86.5 Å². The van der Waals surface area contributed by atoms with Gasteiger partial charge in [0, 0.05) is 28.8 Å². The number of ether oxygens (including phenoxy) is 2. The molecule has 8 nitrogen and oxygen atoms in total. The monoisotopic (exact) mass is 440 g/mol. The summed E-state index contributed by atoms with van der Waals surface area (Å²) in [6, 6.07) is 15.2. The predicted octanol–water partition coefficient (Wildman–Crippen LogP) is 1.80. The molecule has 0 spiro atoms. The molecule has 1 fully saturated rings. The van der Waals surface area contributed by atoms with Gasteiger partial charge in [-0.25, -0.2) is 4.79 Å². The Labute approximate surface area is 182 Å². The van der Waals surface area contributed by atoms with Gasteiger partial charge in [0.2, 0.25) is 0 Å². The van der Waals surface area contributed by atoms with Crippen LogP contribution in [-0.2, 0) is 4.74 Å². The lowest BCUT2D eigenvalue weighted by Crippen LogP contribution is -2.36. The normalized spacial score (nSPS) is 25.0. The minimum atomic E-state index is -1.39. The van der Waals surface area contributed by atoms with Crippen molar-refractivity contribution in [1.82, 2.24) is 9.55 Å². The number of hydrogen-bond donors (Lipinski definition) is 4. The van der Waals surface area contributed by atoms with Gasteiger partial charge in [0.25, 0.3) is 0 Å². The van der Waals surface area contributed by atoms with Crippen LogP contribution in [0.3, 0.4) is 0 Å². The quantitative estimate of drug-likeness (QED) is 0.359. The van der Waals surface area contributed by atoms with Crippen LogP contribution in [0.2, 0.25) is 0 Å². The zero-order chi connectivity index (χ0) is 21.7. The number of benzene rings is 2. The summed E-state index contributed by atoms with van der Waals surface area (Å²) in [5, 5.41) is 29.9. The Balaban J connectivity index is 1.69. The minimum Gasteiger partial charge on any atom is -0.457 e. The van der Waals surface area contributed by atoms with E-state index in [1.54, 1.807) is 6.20 Å². The van der Waals surface area contributed by atoms with Gasteiger partial charge >= 0.3 is 5.69 Å². The molecule has 3 heterocycles. The molecule has 2 aliphatic rings. The first-order valence-electron chi connectivity index (χ1n) is 9.83. The zero-order valence-electron chi connectivity index (χ0n) is 16.2. The summed E-state index contributed by atoms with van der Waals surface area (Å²) in [7, 11) is 0. The smallest absolute Gasteiger partial charge is 0.328 e. The number of para-hydroxylation sites is 2. The van der Waals surface area contributed by atoms with Crippen LogP contribution in [0.4, 0.5) is 0 Å². The van der Waals surface area contributed by atoms with Crippen LogP contribution in [0.25, 0.3) is 0 Å². The van der Waals surface area contributed by atoms with Gasteiger partial charge in [0.15, 0.2) is 6.23 Å². The van der Waals surface area contributed by atoms with E-state index in [2.05, 4.69) is 4.98 Å². The SMILES string of the molecule is O=c1[nH]c(=S)c(C2c3ccccc3Oc3ccccc32)cn1[C@@H]1O[C@H](CO)[C@@H](O)[C@H]1O. The molecule has 0 amide bonds. The highest BCUT2D eigenvalue weighted by atomic mass is 32.1. The van der Waals surface area contributed by atoms with E-state index in [1.165, 1.54) is 4.57 Å². The third kappa shape index (κ3) is 3.22. The fourth-order valence-electron chi connectivity index (χ4n) is 4.25. The second-order valence-corrected chi connectivity index (χ2v) is 8.00. The maximum atomic E-state index is 12.7. The molecule has 0 unspecified atom stereocenters. The molecule has 1 saturated heterocycles. The van der Waals surface area contributed by atoms with Crippen LogP contribution < -0.4 is 10.4 Å². The summed E-state index contributed by atoms with van der Waals surface area (Å²) < 4.78 is 13.0. The summed E-state index contributed by atoms with van der Waals surface area (Å²) in [4.78, 5) is 15.3. The molecule has 0 saturated carbocycles. The number of aromatic nitrogens is 2. The molecule has 4 atom stereocenters. The minimum absolute atomic E-state index is 0.254. The number of nitrogens with one attached hydrogen (secondary N) is 1. The summed E-state index contributed by atoms with van der Waals surface area (Å²) in [6.07, 6.45) is -3.33. The van der Waals surface area contributed by atoms with Crippen molar-refractivity contribution < 1.29 is 24.8 Å². The van der Waals surface area contributed by atoms with E-state index in [0.29, 0.717) is 17.1 Å². The molecule has 0 aliphatic carbocycles. The second-order valence-electron chi connectivity index (χ2n) is 7.59. The van der Waals surface area contributed by atoms with Gasteiger partial charge < -0.3 is 24.8 Å². The maximum Gasteiger partial charge on any atom is 0.328 e. The molecule has 2 aromatic carbocycles. The van der Waals surface area contributed by atoms with Crippen LogP contribution in [0, 0.1) is 4.64 Å². The van der Waals surface area contributed by atoms with E-state index < -0.39 is 36.8 Å². The summed E-state index contributed by atoms with van der Waals surface area (Å²) >= 11 is 5.51. The molecular weight excluding hydrogens is 420 g/mol. The van der Waals surface area contributed by atoms with Crippen LogP contribution >= 0.6 is 12.2 Å². The van der Waals surface area contributed by atoms with Gasteiger partial charge in [0.1, 0.15) is 34.5 Å². The lowest BCUT2D eigenvalue weighted by molar-refractivity contribution is -0.0551. The van der Waals surface area contributed by atoms with Crippen molar-refractivity contribution in [1.29, 1.82) is 0 Å². The van der Waals surface area contributed by atoms with E-state index in [-0.39, 0.29) is 10.6 Å². The Bertz CT molecular complexity index is 1210. The highest BCUT2D eigenvalue weighted by molar-refractivity contribution is 7.71. The number of aromatic amines is 1. The van der Waals surface area contributed by atoms with Gasteiger partial charge in [0.05, 0.1) is 6.61 Å². The molecule has 160 valence electrons. The molecule has 4 N–H and O–H groups in total. The lowest BCUT2D eigenvalue weighted by atomic mass is 9.84. The number of fused-ring (bicyclic) bond motifs is 2. The zero-order valence-corrected chi connectivity index (χ0v) is 17.0. The fraction of sp³-hybridized carbons (Fsp3) is 0.273. The van der Waals surface area contributed by atoms with Gasteiger partial charge in [-0.15, -0.1) is 0 Å². The van der Waals surface area contributed by atoms with Crippen LogP contribution in [0.5, 0.6) is 11.5 Å². The Morgan fingerprint density at radius 1 is 0.968 bits per heavy atom. The third-order valence-electron chi connectivity index (χ3n) is 5.78. The van der Waals surface area contributed by atoms with E-state index >= 15 is 0 Å². The summed E-state index contributed by atoms with van der Waals surface area (Å²) in [6.45, 7) is -0.486. The van der Waals surface area contributed by atoms with Gasteiger partial charge in [-0.2, -0.15) is 0 Å². The highest BCUT2D eigenvalue weighted by Crippen LogP contribution is 2.47. The molecule has 1 aromatic heterocycles. The molecule has 3 aromatic rings.